The van der Waals surface area contributed by atoms with Crippen LogP contribution >= 0.6 is 39.1 Å². The summed E-state index contributed by atoms with van der Waals surface area (Å²) in [5, 5.41) is 6.68. The number of carbonyl (C=O) groups is 1. The summed E-state index contributed by atoms with van der Waals surface area (Å²) in [4.78, 5) is 12.1. The Bertz CT molecular complexity index is 1020. The van der Waals surface area contributed by atoms with Crippen LogP contribution < -0.4 is 15.4 Å². The Morgan fingerprint density at radius 2 is 1.69 bits per heavy atom. The van der Waals surface area contributed by atoms with Gasteiger partial charge in [0.1, 0.15) is 11.6 Å². The maximum absolute atomic E-state index is 12.9. The predicted molar refractivity (Wildman–Crippen MR) is 118 cm³/mol. The van der Waals surface area contributed by atoms with E-state index in [0.717, 1.165) is 15.7 Å². The summed E-state index contributed by atoms with van der Waals surface area (Å²) in [6.07, 6.45) is 0. The number of nitrogens with one attached hydrogen (secondary N) is 2. The number of amides is 1. The molecule has 150 valence electrons. The van der Waals surface area contributed by atoms with Crippen molar-refractivity contribution in [2.24, 2.45) is 0 Å². The molecular formula is C21H16BrCl2FN2O2. The average Bonchev–Trinajstić information content (AvgIpc) is 2.69. The van der Waals surface area contributed by atoms with Crippen LogP contribution in [-0.2, 0) is 11.3 Å². The highest BCUT2D eigenvalue weighted by Crippen LogP contribution is 2.27. The second-order valence-electron chi connectivity index (χ2n) is 6.09. The van der Waals surface area contributed by atoms with E-state index in [0.29, 0.717) is 28.0 Å². The minimum absolute atomic E-state index is 0.161. The zero-order valence-corrected chi connectivity index (χ0v) is 18.1. The van der Waals surface area contributed by atoms with Gasteiger partial charge in [0.25, 0.3) is 5.91 Å². The zero-order valence-electron chi connectivity index (χ0n) is 15.0. The normalized spacial score (nSPS) is 10.5. The lowest BCUT2D eigenvalue weighted by molar-refractivity contribution is -0.118. The van der Waals surface area contributed by atoms with Crippen molar-refractivity contribution < 1.29 is 13.9 Å². The van der Waals surface area contributed by atoms with Crippen molar-refractivity contribution in [1.82, 2.24) is 0 Å². The fourth-order valence-electron chi connectivity index (χ4n) is 2.46. The van der Waals surface area contributed by atoms with E-state index in [9.17, 15) is 9.18 Å². The van der Waals surface area contributed by atoms with Crippen LogP contribution in [0.5, 0.6) is 5.75 Å². The van der Waals surface area contributed by atoms with E-state index in [1.165, 1.54) is 12.1 Å². The summed E-state index contributed by atoms with van der Waals surface area (Å²) in [5.74, 6) is -0.0554. The fourth-order valence-corrected chi connectivity index (χ4v) is 3.30. The highest BCUT2D eigenvalue weighted by molar-refractivity contribution is 9.10. The Balaban J connectivity index is 1.52. The Hall–Kier alpha value is -2.28. The van der Waals surface area contributed by atoms with Gasteiger partial charge in [0.15, 0.2) is 6.61 Å². The molecule has 3 aromatic rings. The molecule has 0 aliphatic carbocycles. The fraction of sp³-hybridized carbons (Fsp3) is 0.0952. The molecule has 0 unspecified atom stereocenters. The van der Waals surface area contributed by atoms with Gasteiger partial charge in [0, 0.05) is 17.9 Å². The van der Waals surface area contributed by atoms with Crippen LogP contribution in [0.1, 0.15) is 5.56 Å². The molecule has 0 saturated carbocycles. The highest BCUT2D eigenvalue weighted by atomic mass is 79.9. The molecule has 0 bridgehead atoms. The molecule has 0 saturated heterocycles. The van der Waals surface area contributed by atoms with Gasteiger partial charge in [-0.15, -0.1) is 0 Å². The minimum atomic E-state index is -0.322. The molecule has 3 rings (SSSR count). The van der Waals surface area contributed by atoms with E-state index < -0.39 is 0 Å². The van der Waals surface area contributed by atoms with E-state index in [1.54, 1.807) is 36.4 Å². The second-order valence-corrected chi connectivity index (χ2v) is 7.76. The number of ether oxygens (including phenoxy) is 1. The SMILES string of the molecule is O=C(COc1ccc(CNc2ccc(F)cc2)cc1Br)Nc1ccc(Cl)c(Cl)c1. The van der Waals surface area contributed by atoms with Crippen LogP contribution in [0, 0.1) is 5.82 Å². The number of rotatable bonds is 7. The Kier molecular flexibility index (Phi) is 7.36. The van der Waals surface area contributed by atoms with Crippen molar-refractivity contribution in [2.45, 2.75) is 6.54 Å². The predicted octanol–water partition coefficient (Wildman–Crippen LogP) is 6.52. The monoisotopic (exact) mass is 496 g/mol. The first-order valence-electron chi connectivity index (χ1n) is 8.56. The van der Waals surface area contributed by atoms with Crippen LogP contribution in [0.3, 0.4) is 0 Å². The van der Waals surface area contributed by atoms with Gasteiger partial charge in [-0.3, -0.25) is 4.79 Å². The average molecular weight is 498 g/mol. The Labute approximate surface area is 186 Å². The highest BCUT2D eigenvalue weighted by Gasteiger charge is 2.08. The number of anilines is 2. The quantitative estimate of drug-likeness (QED) is 0.390. The summed E-state index contributed by atoms with van der Waals surface area (Å²) in [6, 6.07) is 16.5. The zero-order chi connectivity index (χ0) is 20.8. The molecule has 0 aliphatic rings. The summed E-state index contributed by atoms with van der Waals surface area (Å²) in [5.41, 5.74) is 2.35. The third-order valence-corrected chi connectivity index (χ3v) is 5.26. The molecule has 0 radical (unpaired) electrons. The van der Waals surface area contributed by atoms with Crippen molar-refractivity contribution in [2.75, 3.05) is 17.2 Å². The van der Waals surface area contributed by atoms with Gasteiger partial charge < -0.3 is 15.4 Å². The Morgan fingerprint density at radius 1 is 0.966 bits per heavy atom. The van der Waals surface area contributed by atoms with Gasteiger partial charge in [0.05, 0.1) is 14.5 Å². The summed E-state index contributed by atoms with van der Waals surface area (Å²) >= 11 is 15.2. The molecule has 0 atom stereocenters. The van der Waals surface area contributed by atoms with Crippen molar-refractivity contribution in [3.8, 4) is 5.75 Å². The van der Waals surface area contributed by atoms with Crippen molar-refractivity contribution >= 4 is 56.4 Å². The molecule has 0 aliphatic heterocycles. The molecule has 3 aromatic carbocycles. The lowest BCUT2D eigenvalue weighted by Gasteiger charge is -2.11. The lowest BCUT2D eigenvalue weighted by atomic mass is 10.2. The standard InChI is InChI=1S/C21H16BrCl2FN2O2/c22-17-9-13(11-26-15-4-2-14(25)3-5-15)1-8-20(17)29-12-21(28)27-16-6-7-18(23)19(24)10-16/h1-10,26H,11-12H2,(H,27,28). The summed E-state index contributed by atoms with van der Waals surface area (Å²) in [6.45, 7) is 0.397. The van der Waals surface area contributed by atoms with Crippen molar-refractivity contribution in [1.29, 1.82) is 0 Å². The molecule has 2 N–H and O–H groups in total. The van der Waals surface area contributed by atoms with Crippen LogP contribution in [0.4, 0.5) is 15.8 Å². The first kappa shape index (κ1) is 21.4. The number of hydrogen-bond acceptors (Lipinski definition) is 3. The maximum atomic E-state index is 12.9. The molecular weight excluding hydrogens is 482 g/mol. The largest absolute Gasteiger partial charge is 0.483 e. The molecule has 0 aromatic heterocycles. The molecule has 4 nitrogen and oxygen atoms in total. The van der Waals surface area contributed by atoms with Crippen molar-refractivity contribution in [3.05, 3.63) is 86.6 Å². The van der Waals surface area contributed by atoms with E-state index in [-0.39, 0.29) is 18.3 Å². The van der Waals surface area contributed by atoms with Gasteiger partial charge in [-0.25, -0.2) is 4.39 Å². The number of halogens is 4. The van der Waals surface area contributed by atoms with E-state index in [1.807, 2.05) is 12.1 Å². The van der Waals surface area contributed by atoms with Crippen LogP contribution in [0.25, 0.3) is 0 Å². The minimum Gasteiger partial charge on any atom is -0.483 e. The maximum Gasteiger partial charge on any atom is 0.262 e. The summed E-state index contributed by atoms with van der Waals surface area (Å²) < 4.78 is 19.2. The first-order chi connectivity index (χ1) is 13.9. The molecule has 1 amide bonds. The van der Waals surface area contributed by atoms with Gasteiger partial charge >= 0.3 is 0 Å². The second kappa shape index (κ2) is 9.96. The number of hydrogen-bond donors (Lipinski definition) is 2. The summed E-state index contributed by atoms with van der Waals surface area (Å²) in [7, 11) is 0. The van der Waals surface area contributed by atoms with Crippen LogP contribution in [0.15, 0.2) is 65.1 Å². The topological polar surface area (TPSA) is 50.4 Å². The lowest BCUT2D eigenvalue weighted by Crippen LogP contribution is -2.20. The third-order valence-electron chi connectivity index (χ3n) is 3.90. The van der Waals surface area contributed by atoms with Crippen molar-refractivity contribution in [3.63, 3.8) is 0 Å². The number of benzene rings is 3. The van der Waals surface area contributed by atoms with Gasteiger partial charge in [-0.2, -0.15) is 0 Å². The van der Waals surface area contributed by atoms with Crippen LogP contribution in [0.2, 0.25) is 10.0 Å². The van der Waals surface area contributed by atoms with E-state index in [2.05, 4.69) is 26.6 Å². The van der Waals surface area contributed by atoms with Gasteiger partial charge in [-0.05, 0) is 76.1 Å². The van der Waals surface area contributed by atoms with Gasteiger partial charge in [0.2, 0.25) is 0 Å². The third kappa shape index (κ3) is 6.35. The smallest absolute Gasteiger partial charge is 0.262 e. The van der Waals surface area contributed by atoms with E-state index >= 15 is 0 Å². The molecule has 0 fully saturated rings. The molecule has 29 heavy (non-hydrogen) atoms. The molecule has 0 spiro atoms. The Morgan fingerprint density at radius 3 is 2.38 bits per heavy atom. The van der Waals surface area contributed by atoms with Gasteiger partial charge in [-0.1, -0.05) is 29.3 Å². The first-order valence-corrected chi connectivity index (χ1v) is 10.1. The molecule has 8 heteroatoms. The van der Waals surface area contributed by atoms with Crippen LogP contribution in [-0.4, -0.2) is 12.5 Å². The van der Waals surface area contributed by atoms with E-state index in [4.69, 9.17) is 27.9 Å². The molecule has 0 heterocycles. The number of carbonyl (C=O) groups excluding carboxylic acids is 1.